The molecule has 19 heavy (non-hydrogen) atoms. The average molecular weight is 274 g/mol. The van der Waals surface area contributed by atoms with Crippen molar-refractivity contribution in [2.75, 3.05) is 18.5 Å². The van der Waals surface area contributed by atoms with E-state index in [1.165, 1.54) is 11.3 Å². The molecule has 6 heteroatoms. The van der Waals surface area contributed by atoms with Gasteiger partial charge in [-0.15, -0.1) is 5.10 Å². The number of fused-ring (bicyclic) bond motifs is 1. The van der Waals surface area contributed by atoms with Crippen LogP contribution in [0.5, 0.6) is 0 Å². The van der Waals surface area contributed by atoms with Crippen LogP contribution in [0.3, 0.4) is 0 Å². The van der Waals surface area contributed by atoms with Gasteiger partial charge in [-0.25, -0.2) is 9.50 Å². The van der Waals surface area contributed by atoms with E-state index in [0.717, 1.165) is 21.3 Å². The second kappa shape index (κ2) is 5.38. The van der Waals surface area contributed by atoms with E-state index < -0.39 is 0 Å². The van der Waals surface area contributed by atoms with Crippen LogP contribution in [0.1, 0.15) is 6.42 Å². The molecule has 0 radical (unpaired) electrons. The number of nitrogens with zero attached hydrogens (tertiary/aromatic N) is 3. The molecule has 1 aromatic carbocycles. The van der Waals surface area contributed by atoms with Crippen molar-refractivity contribution in [1.82, 2.24) is 14.6 Å². The average Bonchev–Trinajstić information content (AvgIpc) is 3.00. The maximum atomic E-state index is 8.76. The number of anilines is 1. The lowest BCUT2D eigenvalue weighted by Crippen LogP contribution is -2.03. The Morgan fingerprint density at radius 2 is 2.11 bits per heavy atom. The van der Waals surface area contributed by atoms with Gasteiger partial charge in [0.15, 0.2) is 0 Å². The van der Waals surface area contributed by atoms with E-state index in [-0.39, 0.29) is 6.61 Å². The van der Waals surface area contributed by atoms with Gasteiger partial charge in [-0.2, -0.15) is 0 Å². The zero-order valence-corrected chi connectivity index (χ0v) is 11.1. The van der Waals surface area contributed by atoms with Crippen molar-refractivity contribution >= 4 is 21.4 Å². The molecule has 2 heterocycles. The summed E-state index contributed by atoms with van der Waals surface area (Å²) in [5, 5.41) is 17.3. The maximum absolute atomic E-state index is 8.76. The van der Waals surface area contributed by atoms with Crippen LogP contribution in [0.25, 0.3) is 16.2 Å². The first-order valence-electron chi connectivity index (χ1n) is 6.13. The number of hydrogen-bond donors (Lipinski definition) is 2. The van der Waals surface area contributed by atoms with Crippen molar-refractivity contribution in [3.05, 3.63) is 36.5 Å². The predicted molar refractivity (Wildman–Crippen MR) is 76.5 cm³/mol. The topological polar surface area (TPSA) is 62.5 Å². The molecule has 3 rings (SSSR count). The van der Waals surface area contributed by atoms with Crippen LogP contribution in [-0.4, -0.2) is 32.9 Å². The largest absolute Gasteiger partial charge is 0.396 e. The van der Waals surface area contributed by atoms with Gasteiger partial charge in [-0.3, -0.25) is 0 Å². The number of nitrogens with one attached hydrogen (secondary N) is 1. The molecule has 0 saturated heterocycles. The Hall–Kier alpha value is -1.92. The van der Waals surface area contributed by atoms with Crippen molar-refractivity contribution in [2.45, 2.75) is 6.42 Å². The van der Waals surface area contributed by atoms with Crippen LogP contribution in [0.2, 0.25) is 0 Å². The molecule has 0 fully saturated rings. The Kier molecular flexibility index (Phi) is 3.43. The molecule has 3 aromatic rings. The molecule has 0 aliphatic rings. The SMILES string of the molecule is OCCCNc1nn2c(-c3ccccc3)cnc2s1. The molecule has 2 aromatic heterocycles. The van der Waals surface area contributed by atoms with Gasteiger partial charge in [0.25, 0.3) is 0 Å². The number of aromatic nitrogens is 3. The lowest BCUT2D eigenvalue weighted by Gasteiger charge is -1.99. The predicted octanol–water partition coefficient (Wildman–Crippen LogP) is 2.25. The fourth-order valence-corrected chi connectivity index (χ4v) is 2.64. The highest BCUT2D eigenvalue weighted by Gasteiger charge is 2.10. The first-order valence-corrected chi connectivity index (χ1v) is 6.95. The number of rotatable bonds is 5. The number of benzene rings is 1. The van der Waals surface area contributed by atoms with Gasteiger partial charge in [0.1, 0.15) is 0 Å². The van der Waals surface area contributed by atoms with Crippen LogP contribution >= 0.6 is 11.3 Å². The first kappa shape index (κ1) is 12.1. The fourth-order valence-electron chi connectivity index (χ4n) is 1.84. The fraction of sp³-hybridized carbons (Fsp3) is 0.231. The van der Waals surface area contributed by atoms with E-state index in [1.54, 1.807) is 0 Å². The minimum atomic E-state index is 0.185. The highest BCUT2D eigenvalue weighted by atomic mass is 32.1. The second-order valence-electron chi connectivity index (χ2n) is 4.11. The first-order chi connectivity index (χ1) is 9.38. The normalized spacial score (nSPS) is 11.0. The van der Waals surface area contributed by atoms with E-state index in [1.807, 2.05) is 41.0 Å². The number of imidazole rings is 1. The molecule has 0 saturated carbocycles. The van der Waals surface area contributed by atoms with Gasteiger partial charge in [-0.1, -0.05) is 41.7 Å². The van der Waals surface area contributed by atoms with E-state index in [9.17, 15) is 0 Å². The third-order valence-electron chi connectivity index (χ3n) is 2.77. The Bertz CT molecular complexity index is 662. The number of aliphatic hydroxyl groups excluding tert-OH is 1. The van der Waals surface area contributed by atoms with Gasteiger partial charge in [0.2, 0.25) is 10.1 Å². The quantitative estimate of drug-likeness (QED) is 0.701. The standard InChI is InChI=1S/C13H14N4OS/c18-8-4-7-14-12-16-17-11(9-15-13(17)19-12)10-5-2-1-3-6-10/h1-3,5-6,9,18H,4,7-8H2,(H,14,16). The molecule has 0 unspecified atom stereocenters. The summed E-state index contributed by atoms with van der Waals surface area (Å²) in [5.41, 5.74) is 2.09. The van der Waals surface area contributed by atoms with Crippen LogP contribution in [0, 0.1) is 0 Å². The van der Waals surface area contributed by atoms with Crippen LogP contribution in [-0.2, 0) is 0 Å². The van der Waals surface area contributed by atoms with Crippen molar-refractivity contribution < 1.29 is 5.11 Å². The summed E-state index contributed by atoms with van der Waals surface area (Å²) in [5.74, 6) is 0. The maximum Gasteiger partial charge on any atom is 0.214 e. The Balaban J connectivity index is 1.90. The summed E-state index contributed by atoms with van der Waals surface area (Å²) >= 11 is 1.51. The van der Waals surface area contributed by atoms with Crippen molar-refractivity contribution in [1.29, 1.82) is 0 Å². The lowest BCUT2D eigenvalue weighted by atomic mass is 10.2. The second-order valence-corrected chi connectivity index (χ2v) is 5.07. The molecular weight excluding hydrogens is 260 g/mol. The van der Waals surface area contributed by atoms with E-state index in [4.69, 9.17) is 5.11 Å². The van der Waals surface area contributed by atoms with Gasteiger partial charge in [0.05, 0.1) is 11.9 Å². The smallest absolute Gasteiger partial charge is 0.214 e. The van der Waals surface area contributed by atoms with Crippen molar-refractivity contribution in [3.63, 3.8) is 0 Å². The third kappa shape index (κ3) is 2.45. The summed E-state index contributed by atoms with van der Waals surface area (Å²) < 4.78 is 1.85. The van der Waals surface area contributed by atoms with Crippen LogP contribution in [0.4, 0.5) is 5.13 Å². The van der Waals surface area contributed by atoms with Gasteiger partial charge in [-0.05, 0) is 6.42 Å². The van der Waals surface area contributed by atoms with E-state index in [0.29, 0.717) is 13.0 Å². The summed E-state index contributed by atoms with van der Waals surface area (Å²) in [6, 6.07) is 10.1. The van der Waals surface area contributed by atoms with Gasteiger partial charge >= 0.3 is 0 Å². The molecule has 2 N–H and O–H groups in total. The summed E-state index contributed by atoms with van der Waals surface area (Å²) in [7, 11) is 0. The molecule has 0 atom stereocenters. The van der Waals surface area contributed by atoms with Crippen LogP contribution < -0.4 is 5.32 Å². The van der Waals surface area contributed by atoms with Crippen molar-refractivity contribution in [2.24, 2.45) is 0 Å². The van der Waals surface area contributed by atoms with Gasteiger partial charge in [0, 0.05) is 18.7 Å². The zero-order chi connectivity index (χ0) is 13.1. The lowest BCUT2D eigenvalue weighted by molar-refractivity contribution is 0.292. The minimum absolute atomic E-state index is 0.185. The monoisotopic (exact) mass is 274 g/mol. The Labute approximate surface area is 114 Å². The zero-order valence-electron chi connectivity index (χ0n) is 10.3. The molecule has 5 nitrogen and oxygen atoms in total. The Morgan fingerprint density at radius 3 is 2.89 bits per heavy atom. The van der Waals surface area contributed by atoms with Crippen LogP contribution in [0.15, 0.2) is 36.5 Å². The molecule has 0 bridgehead atoms. The van der Waals surface area contributed by atoms with Crippen molar-refractivity contribution in [3.8, 4) is 11.3 Å². The molecule has 0 aliphatic carbocycles. The molecule has 98 valence electrons. The summed E-state index contributed by atoms with van der Waals surface area (Å²) in [6.45, 7) is 0.901. The number of hydrogen-bond acceptors (Lipinski definition) is 5. The number of aliphatic hydroxyl groups is 1. The summed E-state index contributed by atoms with van der Waals surface area (Å²) in [4.78, 5) is 5.24. The Morgan fingerprint density at radius 1 is 1.26 bits per heavy atom. The van der Waals surface area contributed by atoms with Gasteiger partial charge < -0.3 is 10.4 Å². The molecular formula is C13H14N4OS. The third-order valence-corrected chi connectivity index (χ3v) is 3.65. The van der Waals surface area contributed by atoms with E-state index >= 15 is 0 Å². The highest BCUT2D eigenvalue weighted by Crippen LogP contribution is 2.25. The van der Waals surface area contributed by atoms with E-state index in [2.05, 4.69) is 15.4 Å². The minimum Gasteiger partial charge on any atom is -0.396 e. The molecule has 0 spiro atoms. The molecule has 0 aliphatic heterocycles. The molecule has 0 amide bonds. The highest BCUT2D eigenvalue weighted by molar-refractivity contribution is 7.20. The summed E-state index contributed by atoms with van der Waals surface area (Å²) in [6.07, 6.45) is 2.55.